The van der Waals surface area contributed by atoms with Crippen molar-refractivity contribution < 1.29 is 9.90 Å². The van der Waals surface area contributed by atoms with E-state index in [0.717, 1.165) is 5.70 Å². The molecule has 1 unspecified atom stereocenters. The number of carboxylic acid groups (broad SMARTS) is 1. The van der Waals surface area contributed by atoms with E-state index in [4.69, 9.17) is 5.11 Å². The lowest BCUT2D eigenvalue weighted by molar-refractivity contribution is -0.133. The van der Waals surface area contributed by atoms with E-state index in [0.29, 0.717) is 6.42 Å². The average molecular weight is 208 g/mol. The Bertz CT molecular complexity index is 344. The minimum atomic E-state index is -0.977. The van der Waals surface area contributed by atoms with E-state index < -0.39 is 11.5 Å². The lowest BCUT2D eigenvalue weighted by Crippen LogP contribution is -2.45. The van der Waals surface area contributed by atoms with Crippen LogP contribution in [-0.4, -0.2) is 30.7 Å². The Hall–Kier alpha value is -1.55. The van der Waals surface area contributed by atoms with Gasteiger partial charge in [0.15, 0.2) is 0 Å². The summed E-state index contributed by atoms with van der Waals surface area (Å²) in [5, 5.41) is 15.0. The summed E-state index contributed by atoms with van der Waals surface area (Å²) in [5.41, 5.74) is 0.485. The zero-order chi connectivity index (χ0) is 11.5. The van der Waals surface area contributed by atoms with Gasteiger partial charge in [-0.05, 0) is 19.5 Å². The molecule has 1 aliphatic rings. The normalized spacial score (nSPS) is 24.5. The predicted molar refractivity (Wildman–Crippen MR) is 59.5 cm³/mol. The van der Waals surface area contributed by atoms with Gasteiger partial charge >= 0.3 is 5.97 Å². The van der Waals surface area contributed by atoms with Crippen molar-refractivity contribution in [1.29, 1.82) is 0 Å². The molecule has 0 radical (unpaired) electrons. The number of rotatable bonds is 4. The number of allylic oxidation sites excluding steroid dienone is 1. The Morgan fingerprint density at radius 1 is 1.60 bits per heavy atom. The third-order valence-corrected chi connectivity index (χ3v) is 2.72. The maximum atomic E-state index is 10.9. The first kappa shape index (κ1) is 11.5. The topological polar surface area (TPSA) is 61.4 Å². The molecule has 0 bridgehead atoms. The van der Waals surface area contributed by atoms with Crippen LogP contribution < -0.4 is 10.6 Å². The summed E-state index contributed by atoms with van der Waals surface area (Å²) < 4.78 is 0. The molecule has 0 fully saturated rings. The molecule has 0 spiro atoms. The molecule has 4 heteroatoms. The lowest BCUT2D eigenvalue weighted by Gasteiger charge is -2.32. The van der Waals surface area contributed by atoms with Crippen LogP contribution >= 0.6 is 0 Å². The minimum Gasteiger partial charge on any atom is -0.478 e. The van der Waals surface area contributed by atoms with Gasteiger partial charge in [-0.25, -0.2) is 4.79 Å². The first-order valence-electron chi connectivity index (χ1n) is 4.74. The van der Waals surface area contributed by atoms with Crippen molar-refractivity contribution in [3.63, 3.8) is 0 Å². The molecular formula is C11H16N2O2. The van der Waals surface area contributed by atoms with Crippen LogP contribution in [-0.2, 0) is 4.79 Å². The zero-order valence-corrected chi connectivity index (χ0v) is 9.00. The van der Waals surface area contributed by atoms with Gasteiger partial charge in [0.1, 0.15) is 0 Å². The molecular weight excluding hydrogens is 192 g/mol. The van der Waals surface area contributed by atoms with E-state index in [1.807, 2.05) is 25.3 Å². The molecule has 0 aromatic heterocycles. The molecule has 0 saturated carbocycles. The Labute approximate surface area is 89.4 Å². The largest absolute Gasteiger partial charge is 0.478 e. The van der Waals surface area contributed by atoms with E-state index in [2.05, 4.69) is 17.2 Å². The smallest absolute Gasteiger partial charge is 0.333 e. The molecule has 0 aliphatic heterocycles. The fourth-order valence-electron chi connectivity index (χ4n) is 1.58. The highest BCUT2D eigenvalue weighted by Gasteiger charge is 2.33. The monoisotopic (exact) mass is 208 g/mol. The van der Waals surface area contributed by atoms with Crippen molar-refractivity contribution in [2.24, 2.45) is 0 Å². The Morgan fingerprint density at radius 3 is 2.60 bits per heavy atom. The first-order valence-corrected chi connectivity index (χ1v) is 4.74. The number of carbonyl (C=O) groups is 1. The van der Waals surface area contributed by atoms with E-state index in [1.165, 1.54) is 0 Å². The summed E-state index contributed by atoms with van der Waals surface area (Å²) >= 11 is 0. The second-order valence-electron chi connectivity index (χ2n) is 3.45. The number of likely N-dealkylation sites (N-methyl/N-ethyl adjacent to an activating group) is 2. The van der Waals surface area contributed by atoms with Crippen LogP contribution in [0.4, 0.5) is 0 Å². The Kier molecular flexibility index (Phi) is 3.31. The van der Waals surface area contributed by atoms with Gasteiger partial charge in [0.2, 0.25) is 0 Å². The molecule has 1 rings (SSSR count). The highest BCUT2D eigenvalue weighted by Crippen LogP contribution is 2.26. The second kappa shape index (κ2) is 4.31. The summed E-state index contributed by atoms with van der Waals surface area (Å²) in [6, 6.07) is 0. The van der Waals surface area contributed by atoms with Gasteiger partial charge in [-0.1, -0.05) is 18.7 Å². The van der Waals surface area contributed by atoms with E-state index >= 15 is 0 Å². The molecule has 0 saturated heterocycles. The highest BCUT2D eigenvalue weighted by molar-refractivity contribution is 5.89. The molecule has 4 nitrogen and oxygen atoms in total. The van der Waals surface area contributed by atoms with Gasteiger partial charge in [-0.15, -0.1) is 0 Å². The van der Waals surface area contributed by atoms with Crippen molar-refractivity contribution in [3.05, 3.63) is 36.1 Å². The average Bonchev–Trinajstić information content (AvgIpc) is 2.28. The number of aliphatic carboxylic acids is 1. The van der Waals surface area contributed by atoms with Crippen LogP contribution in [0.3, 0.4) is 0 Å². The SMILES string of the molecule is C=C(C(=O)O)C1(NC)C=CC(NC)=CC1. The first-order chi connectivity index (χ1) is 7.05. The summed E-state index contributed by atoms with van der Waals surface area (Å²) in [4.78, 5) is 10.9. The second-order valence-corrected chi connectivity index (χ2v) is 3.45. The summed E-state index contributed by atoms with van der Waals surface area (Å²) in [6.45, 7) is 3.61. The molecule has 3 N–H and O–H groups in total. The van der Waals surface area contributed by atoms with Crippen LogP contribution in [0.25, 0.3) is 0 Å². The summed E-state index contributed by atoms with van der Waals surface area (Å²) in [6.07, 6.45) is 6.22. The number of hydrogen-bond acceptors (Lipinski definition) is 3. The highest BCUT2D eigenvalue weighted by atomic mass is 16.4. The van der Waals surface area contributed by atoms with Crippen molar-refractivity contribution in [2.45, 2.75) is 12.0 Å². The lowest BCUT2D eigenvalue weighted by atomic mass is 9.83. The zero-order valence-electron chi connectivity index (χ0n) is 9.00. The molecule has 1 aliphatic carbocycles. The van der Waals surface area contributed by atoms with Crippen LogP contribution in [0.2, 0.25) is 0 Å². The maximum absolute atomic E-state index is 10.9. The third kappa shape index (κ3) is 2.10. The van der Waals surface area contributed by atoms with Crippen LogP contribution in [0.1, 0.15) is 6.42 Å². The Morgan fingerprint density at radius 2 is 2.27 bits per heavy atom. The van der Waals surface area contributed by atoms with Crippen molar-refractivity contribution in [3.8, 4) is 0 Å². The Balaban J connectivity index is 2.93. The number of nitrogens with one attached hydrogen (secondary N) is 2. The van der Waals surface area contributed by atoms with Gasteiger partial charge in [-0.2, -0.15) is 0 Å². The van der Waals surface area contributed by atoms with E-state index in [-0.39, 0.29) is 5.57 Å². The minimum absolute atomic E-state index is 0.160. The molecule has 15 heavy (non-hydrogen) atoms. The van der Waals surface area contributed by atoms with E-state index in [1.54, 1.807) is 7.05 Å². The van der Waals surface area contributed by atoms with Gasteiger partial charge < -0.3 is 15.7 Å². The summed E-state index contributed by atoms with van der Waals surface area (Å²) in [5.74, 6) is -0.977. The fraction of sp³-hybridized carbons (Fsp3) is 0.364. The standard InChI is InChI=1S/C11H16N2O2/c1-8(10(14)15)11(13-3)6-4-9(12-2)5-7-11/h4-6,12-13H,1,7H2,2-3H3,(H,14,15). The number of hydrogen-bond donors (Lipinski definition) is 3. The predicted octanol–water partition coefficient (Wildman–Crippen LogP) is 0.649. The molecule has 0 aromatic rings. The van der Waals surface area contributed by atoms with Crippen molar-refractivity contribution in [2.75, 3.05) is 14.1 Å². The fourth-order valence-corrected chi connectivity index (χ4v) is 1.58. The van der Waals surface area contributed by atoms with Gasteiger partial charge in [0.25, 0.3) is 0 Å². The molecule has 0 heterocycles. The molecule has 82 valence electrons. The van der Waals surface area contributed by atoms with Crippen LogP contribution in [0.5, 0.6) is 0 Å². The number of carboxylic acids is 1. The maximum Gasteiger partial charge on any atom is 0.333 e. The molecule has 1 atom stereocenters. The third-order valence-electron chi connectivity index (χ3n) is 2.72. The van der Waals surface area contributed by atoms with Crippen LogP contribution in [0.15, 0.2) is 36.1 Å². The van der Waals surface area contributed by atoms with Crippen molar-refractivity contribution in [1.82, 2.24) is 10.6 Å². The van der Waals surface area contributed by atoms with Crippen molar-refractivity contribution >= 4 is 5.97 Å². The van der Waals surface area contributed by atoms with Crippen LogP contribution in [0, 0.1) is 0 Å². The van der Waals surface area contributed by atoms with Gasteiger partial charge in [-0.3, -0.25) is 0 Å². The van der Waals surface area contributed by atoms with Gasteiger partial charge in [0, 0.05) is 12.7 Å². The molecule has 0 aromatic carbocycles. The summed E-state index contributed by atoms with van der Waals surface area (Å²) in [7, 11) is 3.56. The molecule has 0 amide bonds. The van der Waals surface area contributed by atoms with E-state index in [9.17, 15) is 4.79 Å². The quantitative estimate of drug-likeness (QED) is 0.594. The van der Waals surface area contributed by atoms with Gasteiger partial charge in [0.05, 0.1) is 11.1 Å².